The average Bonchev–Trinajstić information content (AvgIpc) is 2.07. The zero-order valence-electron chi connectivity index (χ0n) is 6.56. The fourth-order valence-electron chi connectivity index (χ4n) is 0.985. The van der Waals surface area contributed by atoms with Gasteiger partial charge in [0.25, 0.3) is 0 Å². The summed E-state index contributed by atoms with van der Waals surface area (Å²) in [5.74, 6) is 0.957. The van der Waals surface area contributed by atoms with Crippen molar-refractivity contribution < 1.29 is 5.11 Å². The van der Waals surface area contributed by atoms with E-state index >= 15 is 0 Å². The Morgan fingerprint density at radius 3 is 2.75 bits per heavy atom. The van der Waals surface area contributed by atoms with E-state index in [2.05, 4.69) is 15.9 Å². The second kappa shape index (κ2) is 4.73. The van der Waals surface area contributed by atoms with E-state index in [9.17, 15) is 5.11 Å². The summed E-state index contributed by atoms with van der Waals surface area (Å²) in [7, 11) is 0. The lowest BCUT2D eigenvalue weighted by Crippen LogP contribution is -1.85. The van der Waals surface area contributed by atoms with Crippen molar-refractivity contribution in [2.24, 2.45) is 0 Å². The predicted molar refractivity (Wildman–Crippen MR) is 54.8 cm³/mol. The molecule has 66 valence electrons. The van der Waals surface area contributed by atoms with Gasteiger partial charge in [0.15, 0.2) is 0 Å². The SMILES string of the molecule is Oc1cc(CCCCl)ccc1Br. The molecule has 12 heavy (non-hydrogen) atoms. The largest absolute Gasteiger partial charge is 0.507 e. The van der Waals surface area contributed by atoms with E-state index in [-0.39, 0.29) is 0 Å². The Labute approximate surface area is 85.5 Å². The topological polar surface area (TPSA) is 20.2 Å². The Morgan fingerprint density at radius 1 is 1.42 bits per heavy atom. The number of aromatic hydroxyl groups is 1. The molecule has 0 atom stereocenters. The normalized spacial score (nSPS) is 10.2. The van der Waals surface area contributed by atoms with Crippen LogP contribution in [-0.2, 0) is 6.42 Å². The monoisotopic (exact) mass is 248 g/mol. The van der Waals surface area contributed by atoms with Gasteiger partial charge in [0.1, 0.15) is 5.75 Å². The molecule has 0 unspecified atom stereocenters. The number of benzene rings is 1. The molecule has 0 aliphatic carbocycles. The van der Waals surface area contributed by atoms with Crippen LogP contribution < -0.4 is 0 Å². The van der Waals surface area contributed by atoms with Crippen LogP contribution in [-0.4, -0.2) is 11.0 Å². The number of rotatable bonds is 3. The van der Waals surface area contributed by atoms with E-state index in [1.165, 1.54) is 0 Å². The number of alkyl halides is 1. The summed E-state index contributed by atoms with van der Waals surface area (Å²) in [5, 5.41) is 9.32. The van der Waals surface area contributed by atoms with Gasteiger partial charge in [0, 0.05) is 5.88 Å². The molecule has 1 aromatic carbocycles. The van der Waals surface area contributed by atoms with Crippen LogP contribution in [0.5, 0.6) is 5.75 Å². The van der Waals surface area contributed by atoms with Gasteiger partial charge in [-0.05, 0) is 46.5 Å². The van der Waals surface area contributed by atoms with Crippen LogP contribution in [0.25, 0.3) is 0 Å². The summed E-state index contributed by atoms with van der Waals surface area (Å²) in [6.45, 7) is 0. The van der Waals surface area contributed by atoms with Gasteiger partial charge in [-0.25, -0.2) is 0 Å². The number of halogens is 2. The molecular formula is C9H10BrClO. The van der Waals surface area contributed by atoms with Crippen LogP contribution >= 0.6 is 27.5 Å². The van der Waals surface area contributed by atoms with Crippen LogP contribution in [0.1, 0.15) is 12.0 Å². The third-order valence-corrected chi connectivity index (χ3v) is 2.55. The van der Waals surface area contributed by atoms with Gasteiger partial charge in [-0.2, -0.15) is 0 Å². The van der Waals surface area contributed by atoms with E-state index in [0.29, 0.717) is 11.6 Å². The first-order valence-electron chi connectivity index (χ1n) is 3.77. The maximum Gasteiger partial charge on any atom is 0.130 e. The number of aryl methyl sites for hydroxylation is 1. The van der Waals surface area contributed by atoms with Crippen molar-refractivity contribution in [3.63, 3.8) is 0 Å². The molecule has 0 saturated carbocycles. The van der Waals surface area contributed by atoms with E-state index in [1.54, 1.807) is 6.07 Å². The molecule has 1 N–H and O–H groups in total. The summed E-state index contributed by atoms with van der Waals surface area (Å²) in [6.07, 6.45) is 1.87. The fourth-order valence-corrected chi connectivity index (χ4v) is 1.36. The van der Waals surface area contributed by atoms with Crippen LogP contribution in [0.4, 0.5) is 0 Å². The highest BCUT2D eigenvalue weighted by molar-refractivity contribution is 9.10. The van der Waals surface area contributed by atoms with E-state index < -0.39 is 0 Å². The predicted octanol–water partition coefficient (Wildman–Crippen LogP) is 3.33. The van der Waals surface area contributed by atoms with Gasteiger partial charge in [-0.15, -0.1) is 11.6 Å². The van der Waals surface area contributed by atoms with Crippen molar-refractivity contribution in [2.75, 3.05) is 5.88 Å². The molecule has 0 amide bonds. The van der Waals surface area contributed by atoms with Crippen LogP contribution in [0, 0.1) is 0 Å². The molecule has 0 bridgehead atoms. The third kappa shape index (κ3) is 2.68. The summed E-state index contributed by atoms with van der Waals surface area (Å²) in [4.78, 5) is 0. The maximum atomic E-state index is 9.32. The highest BCUT2D eigenvalue weighted by atomic mass is 79.9. The van der Waals surface area contributed by atoms with Gasteiger partial charge in [-0.1, -0.05) is 6.07 Å². The zero-order valence-corrected chi connectivity index (χ0v) is 8.90. The smallest absolute Gasteiger partial charge is 0.130 e. The molecule has 0 spiro atoms. The first-order valence-corrected chi connectivity index (χ1v) is 5.10. The molecule has 0 heterocycles. The van der Waals surface area contributed by atoms with Crippen molar-refractivity contribution in [1.82, 2.24) is 0 Å². The zero-order chi connectivity index (χ0) is 8.97. The number of hydrogen-bond donors (Lipinski definition) is 1. The Bertz CT molecular complexity index is 263. The molecule has 0 aromatic heterocycles. The molecule has 0 radical (unpaired) electrons. The molecule has 0 aliphatic rings. The second-order valence-corrected chi connectivity index (χ2v) is 3.81. The lowest BCUT2D eigenvalue weighted by atomic mass is 10.1. The minimum absolute atomic E-state index is 0.294. The second-order valence-electron chi connectivity index (χ2n) is 2.58. The van der Waals surface area contributed by atoms with E-state index in [1.807, 2.05) is 12.1 Å². The Balaban J connectivity index is 2.69. The minimum Gasteiger partial charge on any atom is -0.507 e. The maximum absolute atomic E-state index is 9.32. The Kier molecular flexibility index (Phi) is 3.89. The van der Waals surface area contributed by atoms with Crippen LogP contribution in [0.3, 0.4) is 0 Å². The Morgan fingerprint density at radius 2 is 2.17 bits per heavy atom. The molecular weight excluding hydrogens is 239 g/mol. The molecule has 1 aromatic rings. The van der Waals surface area contributed by atoms with Crippen molar-refractivity contribution >= 4 is 27.5 Å². The lowest BCUT2D eigenvalue weighted by Gasteiger charge is -2.01. The molecule has 3 heteroatoms. The van der Waals surface area contributed by atoms with Gasteiger partial charge >= 0.3 is 0 Å². The first-order chi connectivity index (χ1) is 5.74. The highest BCUT2D eigenvalue weighted by Gasteiger charge is 1.98. The number of hydrogen-bond acceptors (Lipinski definition) is 1. The van der Waals surface area contributed by atoms with Crippen molar-refractivity contribution in [1.29, 1.82) is 0 Å². The summed E-state index contributed by atoms with van der Waals surface area (Å²) < 4.78 is 0.733. The number of phenolic OH excluding ortho intramolecular Hbond substituents is 1. The van der Waals surface area contributed by atoms with Gasteiger partial charge in [0.05, 0.1) is 4.47 Å². The van der Waals surface area contributed by atoms with Gasteiger partial charge in [-0.3, -0.25) is 0 Å². The molecule has 1 nitrogen and oxygen atoms in total. The van der Waals surface area contributed by atoms with Gasteiger partial charge < -0.3 is 5.11 Å². The van der Waals surface area contributed by atoms with E-state index in [4.69, 9.17) is 11.6 Å². The van der Waals surface area contributed by atoms with Crippen LogP contribution in [0.2, 0.25) is 0 Å². The fraction of sp³-hybridized carbons (Fsp3) is 0.333. The first kappa shape index (κ1) is 9.87. The Hall–Kier alpha value is -0.210. The van der Waals surface area contributed by atoms with E-state index in [0.717, 1.165) is 22.9 Å². The van der Waals surface area contributed by atoms with Crippen molar-refractivity contribution in [2.45, 2.75) is 12.8 Å². The standard InChI is InChI=1S/C9H10BrClO/c10-8-4-3-7(2-1-5-11)6-9(8)12/h3-4,6,12H,1-2,5H2. The highest BCUT2D eigenvalue weighted by Crippen LogP contribution is 2.24. The average molecular weight is 250 g/mol. The molecule has 0 fully saturated rings. The minimum atomic E-state index is 0.294. The van der Waals surface area contributed by atoms with Crippen LogP contribution in [0.15, 0.2) is 22.7 Å². The van der Waals surface area contributed by atoms with Crippen molar-refractivity contribution in [3.05, 3.63) is 28.2 Å². The van der Waals surface area contributed by atoms with Gasteiger partial charge in [0.2, 0.25) is 0 Å². The molecule has 1 rings (SSSR count). The quantitative estimate of drug-likeness (QED) is 0.815. The van der Waals surface area contributed by atoms with Crippen molar-refractivity contribution in [3.8, 4) is 5.75 Å². The molecule has 0 aliphatic heterocycles. The summed E-state index contributed by atoms with van der Waals surface area (Å²) >= 11 is 8.77. The summed E-state index contributed by atoms with van der Waals surface area (Å²) in [5.41, 5.74) is 1.12. The summed E-state index contributed by atoms with van der Waals surface area (Å²) in [6, 6.07) is 5.59. The third-order valence-electron chi connectivity index (χ3n) is 1.61. The molecule has 0 saturated heterocycles. The number of phenols is 1. The lowest BCUT2D eigenvalue weighted by molar-refractivity contribution is 0.471.